The number of nitrogens with zero attached hydrogens (tertiary/aromatic N) is 2. The maximum absolute atomic E-state index is 13.4. The summed E-state index contributed by atoms with van der Waals surface area (Å²) in [7, 11) is 1.62. The van der Waals surface area contributed by atoms with Crippen molar-refractivity contribution in [1.82, 2.24) is 10.2 Å². The summed E-state index contributed by atoms with van der Waals surface area (Å²) in [6.07, 6.45) is 0.600. The van der Waals surface area contributed by atoms with Gasteiger partial charge in [0.05, 0.1) is 7.11 Å². The number of carbonyl (C=O) groups excluding carboxylic acids is 1. The first-order chi connectivity index (χ1) is 12.6. The molecule has 26 heavy (non-hydrogen) atoms. The van der Waals surface area contributed by atoms with E-state index in [1.54, 1.807) is 19.2 Å². The summed E-state index contributed by atoms with van der Waals surface area (Å²) in [6, 6.07) is 13.5. The summed E-state index contributed by atoms with van der Waals surface area (Å²) in [5, 5.41) is 11.7. The molecule has 0 aliphatic heterocycles. The average Bonchev–Trinajstić information content (AvgIpc) is 3.08. The average molecular weight is 373 g/mol. The van der Waals surface area contributed by atoms with Gasteiger partial charge in [0.1, 0.15) is 10.8 Å². The van der Waals surface area contributed by atoms with E-state index in [1.165, 1.54) is 23.5 Å². The van der Waals surface area contributed by atoms with E-state index in [1.807, 2.05) is 24.3 Å². The number of amides is 1. The standard InChI is InChI=1S/C18H16FN3O3S/c1-24-13-8-6-12(7-9-13)10-17-21-22-18(26-17)20-16(23)11-25-15-5-3-2-4-14(15)19/h2-9H,10-11H2,1H3,(H,20,22,23). The summed E-state index contributed by atoms with van der Waals surface area (Å²) >= 11 is 1.28. The summed E-state index contributed by atoms with van der Waals surface area (Å²) in [4.78, 5) is 11.9. The van der Waals surface area contributed by atoms with Gasteiger partial charge in [0.15, 0.2) is 18.2 Å². The van der Waals surface area contributed by atoms with Crippen LogP contribution in [0.25, 0.3) is 0 Å². The van der Waals surface area contributed by atoms with Gasteiger partial charge in [0, 0.05) is 6.42 Å². The number of para-hydroxylation sites is 1. The zero-order valence-electron chi connectivity index (χ0n) is 13.9. The van der Waals surface area contributed by atoms with Crippen LogP contribution in [-0.4, -0.2) is 29.8 Å². The molecule has 0 bridgehead atoms. The van der Waals surface area contributed by atoms with Crippen molar-refractivity contribution in [3.63, 3.8) is 0 Å². The van der Waals surface area contributed by atoms with Gasteiger partial charge in [0.2, 0.25) is 5.13 Å². The number of rotatable bonds is 7. The van der Waals surface area contributed by atoms with Crippen molar-refractivity contribution < 1.29 is 18.7 Å². The third-order valence-corrected chi connectivity index (χ3v) is 4.26. The second-order valence-corrected chi connectivity index (χ2v) is 6.36. The number of carbonyl (C=O) groups is 1. The van der Waals surface area contributed by atoms with E-state index in [0.717, 1.165) is 16.3 Å². The smallest absolute Gasteiger partial charge is 0.264 e. The molecule has 0 spiro atoms. The van der Waals surface area contributed by atoms with Crippen molar-refractivity contribution >= 4 is 22.4 Å². The lowest BCUT2D eigenvalue weighted by Crippen LogP contribution is -2.20. The van der Waals surface area contributed by atoms with Crippen LogP contribution in [0.4, 0.5) is 9.52 Å². The molecule has 6 nitrogen and oxygen atoms in total. The molecular formula is C18H16FN3O3S. The SMILES string of the molecule is COc1ccc(Cc2nnc(NC(=O)COc3ccccc3F)s2)cc1. The van der Waals surface area contributed by atoms with Crippen molar-refractivity contribution in [1.29, 1.82) is 0 Å². The molecule has 8 heteroatoms. The van der Waals surface area contributed by atoms with Gasteiger partial charge < -0.3 is 9.47 Å². The lowest BCUT2D eigenvalue weighted by atomic mass is 10.1. The molecule has 0 fully saturated rings. The molecule has 3 rings (SSSR count). The van der Waals surface area contributed by atoms with E-state index in [4.69, 9.17) is 9.47 Å². The third kappa shape index (κ3) is 4.76. The largest absolute Gasteiger partial charge is 0.497 e. The number of halogens is 1. The molecule has 134 valence electrons. The Morgan fingerprint density at radius 3 is 2.65 bits per heavy atom. The highest BCUT2D eigenvalue weighted by Crippen LogP contribution is 2.20. The second-order valence-electron chi connectivity index (χ2n) is 5.29. The molecule has 0 unspecified atom stereocenters. The molecule has 0 radical (unpaired) electrons. The predicted molar refractivity (Wildman–Crippen MR) is 96.2 cm³/mol. The number of hydrogen-bond donors (Lipinski definition) is 1. The van der Waals surface area contributed by atoms with Crippen LogP contribution in [0.2, 0.25) is 0 Å². The molecular weight excluding hydrogens is 357 g/mol. The fraction of sp³-hybridized carbons (Fsp3) is 0.167. The Morgan fingerprint density at radius 1 is 1.15 bits per heavy atom. The van der Waals surface area contributed by atoms with E-state index in [9.17, 15) is 9.18 Å². The van der Waals surface area contributed by atoms with Crippen LogP contribution < -0.4 is 14.8 Å². The van der Waals surface area contributed by atoms with Gasteiger partial charge in [-0.3, -0.25) is 10.1 Å². The van der Waals surface area contributed by atoms with E-state index in [0.29, 0.717) is 11.6 Å². The van der Waals surface area contributed by atoms with Crippen molar-refractivity contribution in [3.8, 4) is 11.5 Å². The normalized spacial score (nSPS) is 10.4. The van der Waals surface area contributed by atoms with E-state index < -0.39 is 11.7 Å². The molecule has 0 aliphatic carbocycles. The van der Waals surface area contributed by atoms with Crippen LogP contribution in [0, 0.1) is 5.82 Å². The zero-order valence-corrected chi connectivity index (χ0v) is 14.8. The summed E-state index contributed by atoms with van der Waals surface area (Å²) in [5.41, 5.74) is 1.06. The Labute approximate surface area is 153 Å². The molecule has 1 aromatic heterocycles. The van der Waals surface area contributed by atoms with Gasteiger partial charge in [-0.15, -0.1) is 10.2 Å². The van der Waals surface area contributed by atoms with E-state index in [-0.39, 0.29) is 12.4 Å². The van der Waals surface area contributed by atoms with Crippen LogP contribution in [0.15, 0.2) is 48.5 Å². The highest BCUT2D eigenvalue weighted by molar-refractivity contribution is 7.15. The maximum Gasteiger partial charge on any atom is 0.264 e. The minimum atomic E-state index is -0.516. The van der Waals surface area contributed by atoms with Gasteiger partial charge >= 0.3 is 0 Å². The number of methoxy groups -OCH3 is 1. The molecule has 2 aromatic carbocycles. The number of anilines is 1. The third-order valence-electron chi connectivity index (χ3n) is 3.42. The van der Waals surface area contributed by atoms with Crippen molar-refractivity contribution in [2.24, 2.45) is 0 Å². The van der Waals surface area contributed by atoms with Crippen LogP contribution in [-0.2, 0) is 11.2 Å². The first-order valence-corrected chi connectivity index (χ1v) is 8.58. The Hall–Kier alpha value is -3.00. The topological polar surface area (TPSA) is 73.3 Å². The van der Waals surface area contributed by atoms with Crippen LogP contribution in [0.5, 0.6) is 11.5 Å². The fourth-order valence-electron chi connectivity index (χ4n) is 2.15. The Bertz CT molecular complexity index is 883. The molecule has 1 heterocycles. The zero-order chi connectivity index (χ0) is 18.4. The summed E-state index contributed by atoms with van der Waals surface area (Å²) in [6.45, 7) is -0.311. The number of benzene rings is 2. The minimum absolute atomic E-state index is 0.0279. The summed E-state index contributed by atoms with van der Waals surface area (Å²) < 4.78 is 23.7. The predicted octanol–water partition coefficient (Wildman–Crippen LogP) is 3.29. The highest BCUT2D eigenvalue weighted by atomic mass is 32.1. The van der Waals surface area contributed by atoms with Gasteiger partial charge in [-0.25, -0.2) is 4.39 Å². The van der Waals surface area contributed by atoms with Crippen LogP contribution >= 0.6 is 11.3 Å². The number of hydrogen-bond acceptors (Lipinski definition) is 6. The highest BCUT2D eigenvalue weighted by Gasteiger charge is 2.11. The van der Waals surface area contributed by atoms with E-state index >= 15 is 0 Å². The molecule has 1 amide bonds. The first-order valence-electron chi connectivity index (χ1n) is 7.76. The van der Waals surface area contributed by atoms with Crippen molar-refractivity contribution in [2.75, 3.05) is 19.0 Å². The van der Waals surface area contributed by atoms with Crippen molar-refractivity contribution in [2.45, 2.75) is 6.42 Å². The number of nitrogens with one attached hydrogen (secondary N) is 1. The Balaban J connectivity index is 1.52. The monoisotopic (exact) mass is 373 g/mol. The maximum atomic E-state index is 13.4. The number of ether oxygens (including phenoxy) is 2. The molecule has 0 saturated heterocycles. The Morgan fingerprint density at radius 2 is 1.92 bits per heavy atom. The number of aromatic nitrogens is 2. The summed E-state index contributed by atoms with van der Waals surface area (Å²) in [5.74, 6) is -0.132. The fourth-order valence-corrected chi connectivity index (χ4v) is 2.94. The quantitative estimate of drug-likeness (QED) is 0.688. The molecule has 0 aliphatic rings. The van der Waals surface area contributed by atoms with Gasteiger partial charge in [0.25, 0.3) is 5.91 Å². The molecule has 3 aromatic rings. The van der Waals surface area contributed by atoms with Gasteiger partial charge in [-0.1, -0.05) is 35.6 Å². The second kappa shape index (κ2) is 8.39. The van der Waals surface area contributed by atoms with Crippen LogP contribution in [0.3, 0.4) is 0 Å². The van der Waals surface area contributed by atoms with Gasteiger partial charge in [-0.2, -0.15) is 0 Å². The van der Waals surface area contributed by atoms with Crippen LogP contribution in [0.1, 0.15) is 10.6 Å². The first kappa shape index (κ1) is 17.8. The Kier molecular flexibility index (Phi) is 5.75. The lowest BCUT2D eigenvalue weighted by molar-refractivity contribution is -0.118. The minimum Gasteiger partial charge on any atom is -0.497 e. The van der Waals surface area contributed by atoms with Gasteiger partial charge in [-0.05, 0) is 29.8 Å². The molecule has 0 saturated carbocycles. The van der Waals surface area contributed by atoms with E-state index in [2.05, 4.69) is 15.5 Å². The lowest BCUT2D eigenvalue weighted by Gasteiger charge is -2.06. The molecule has 0 atom stereocenters. The van der Waals surface area contributed by atoms with Crippen molar-refractivity contribution in [3.05, 3.63) is 64.9 Å². The molecule has 1 N–H and O–H groups in total.